The molecule has 0 aliphatic rings. The first kappa shape index (κ1) is 17.2. The van der Waals surface area contributed by atoms with E-state index in [2.05, 4.69) is 16.3 Å². The van der Waals surface area contributed by atoms with Gasteiger partial charge < -0.3 is 4.74 Å². The van der Waals surface area contributed by atoms with Gasteiger partial charge in [0.1, 0.15) is 6.61 Å². The van der Waals surface area contributed by atoms with Crippen molar-refractivity contribution in [2.45, 2.75) is 34.6 Å². The van der Waals surface area contributed by atoms with Crippen LogP contribution in [0.1, 0.15) is 38.3 Å². The zero-order valence-corrected chi connectivity index (χ0v) is 14.1. The molecule has 0 atom stereocenters. The summed E-state index contributed by atoms with van der Waals surface area (Å²) in [5, 5.41) is 2.76. The highest BCUT2D eigenvalue weighted by molar-refractivity contribution is 7.07. The lowest BCUT2D eigenvalue weighted by molar-refractivity contribution is 0.172. The summed E-state index contributed by atoms with van der Waals surface area (Å²) in [7, 11) is 0. The van der Waals surface area contributed by atoms with E-state index in [1.54, 1.807) is 0 Å². The van der Waals surface area contributed by atoms with Crippen molar-refractivity contribution in [3.05, 3.63) is 40.4 Å². The lowest BCUT2D eigenvalue weighted by atomic mass is 10.1. The summed E-state index contributed by atoms with van der Waals surface area (Å²) in [6.45, 7) is 13.8. The summed E-state index contributed by atoms with van der Waals surface area (Å²) in [5.74, 6) is 0. The molecule has 21 heavy (non-hydrogen) atoms. The SMILES string of the molecule is C=C(C)c1snc(C)c1NC(=O)OCC(/C=C\C)=C(C)C. The molecule has 4 nitrogen and oxygen atoms in total. The minimum absolute atomic E-state index is 0.248. The lowest BCUT2D eigenvalue weighted by Gasteiger charge is -2.10. The van der Waals surface area contributed by atoms with E-state index in [1.807, 2.05) is 46.8 Å². The molecule has 114 valence electrons. The van der Waals surface area contributed by atoms with Gasteiger partial charge in [-0.1, -0.05) is 24.3 Å². The number of nitrogens with zero attached hydrogens (tertiary/aromatic N) is 1. The van der Waals surface area contributed by atoms with Gasteiger partial charge in [-0.25, -0.2) is 4.79 Å². The molecule has 1 aromatic heterocycles. The second kappa shape index (κ2) is 7.78. The number of allylic oxidation sites excluding steroid dienone is 3. The molecule has 0 bridgehead atoms. The first-order chi connectivity index (χ1) is 9.86. The fourth-order valence-corrected chi connectivity index (χ4v) is 2.42. The van der Waals surface area contributed by atoms with Crippen LogP contribution in [-0.2, 0) is 4.74 Å². The largest absolute Gasteiger partial charge is 0.444 e. The Bertz CT molecular complexity index is 593. The Hall–Kier alpha value is -1.88. The number of aryl methyl sites for hydroxylation is 1. The van der Waals surface area contributed by atoms with Crippen LogP contribution in [0, 0.1) is 6.92 Å². The molecular weight excluding hydrogens is 284 g/mol. The normalized spacial score (nSPS) is 10.5. The number of carbonyl (C=O) groups excluding carboxylic acids is 1. The van der Waals surface area contributed by atoms with Crippen LogP contribution in [0.15, 0.2) is 29.9 Å². The number of aromatic nitrogens is 1. The number of rotatable bonds is 5. The molecule has 1 rings (SSSR count). The van der Waals surface area contributed by atoms with Crippen LogP contribution < -0.4 is 5.32 Å². The van der Waals surface area contributed by atoms with Gasteiger partial charge in [-0.15, -0.1) is 0 Å². The van der Waals surface area contributed by atoms with Crippen LogP contribution >= 0.6 is 11.5 Å². The molecule has 0 spiro atoms. The van der Waals surface area contributed by atoms with Crippen molar-refractivity contribution in [2.75, 3.05) is 11.9 Å². The average molecular weight is 306 g/mol. The number of ether oxygens (including phenoxy) is 1. The Morgan fingerprint density at radius 3 is 2.62 bits per heavy atom. The monoisotopic (exact) mass is 306 g/mol. The molecule has 0 aliphatic heterocycles. The van der Waals surface area contributed by atoms with Crippen LogP contribution in [-0.4, -0.2) is 17.1 Å². The smallest absolute Gasteiger partial charge is 0.412 e. The van der Waals surface area contributed by atoms with Gasteiger partial charge >= 0.3 is 6.09 Å². The highest BCUT2D eigenvalue weighted by atomic mass is 32.1. The summed E-state index contributed by atoms with van der Waals surface area (Å²) >= 11 is 1.32. The van der Waals surface area contributed by atoms with E-state index in [-0.39, 0.29) is 6.61 Å². The van der Waals surface area contributed by atoms with Gasteiger partial charge in [-0.2, -0.15) is 4.37 Å². The molecule has 0 fully saturated rings. The molecule has 0 unspecified atom stereocenters. The van der Waals surface area contributed by atoms with Crippen molar-refractivity contribution in [2.24, 2.45) is 0 Å². The molecule has 1 heterocycles. The van der Waals surface area contributed by atoms with Gasteiger partial charge in [-0.3, -0.25) is 5.32 Å². The van der Waals surface area contributed by atoms with E-state index < -0.39 is 6.09 Å². The zero-order valence-electron chi connectivity index (χ0n) is 13.2. The molecule has 1 amide bonds. The van der Waals surface area contributed by atoms with Gasteiger partial charge in [0.2, 0.25) is 0 Å². The average Bonchev–Trinajstić information content (AvgIpc) is 2.76. The standard InChI is InChI=1S/C16H22N2O2S/c1-7-8-13(10(2)3)9-20-16(19)17-14-12(6)18-21-15(14)11(4)5/h7-8H,4,9H2,1-3,5-6H3,(H,17,19)/b8-7-. The summed E-state index contributed by atoms with van der Waals surface area (Å²) in [6.07, 6.45) is 3.39. The van der Waals surface area contributed by atoms with Crippen molar-refractivity contribution in [3.8, 4) is 0 Å². The first-order valence-electron chi connectivity index (χ1n) is 6.71. The van der Waals surface area contributed by atoms with E-state index >= 15 is 0 Å². The first-order valence-corrected chi connectivity index (χ1v) is 7.49. The molecule has 1 aromatic rings. The number of carbonyl (C=O) groups is 1. The number of hydrogen-bond donors (Lipinski definition) is 1. The summed E-state index contributed by atoms with van der Waals surface area (Å²) < 4.78 is 9.50. The molecule has 1 N–H and O–H groups in total. The Kier molecular flexibility index (Phi) is 6.37. The van der Waals surface area contributed by atoms with Gasteiger partial charge in [0.05, 0.1) is 16.3 Å². The Morgan fingerprint density at radius 2 is 2.10 bits per heavy atom. The van der Waals surface area contributed by atoms with Crippen molar-refractivity contribution >= 4 is 28.9 Å². The third-order valence-electron chi connectivity index (χ3n) is 2.85. The zero-order chi connectivity index (χ0) is 16.0. The molecule has 0 aromatic carbocycles. The summed E-state index contributed by atoms with van der Waals surface area (Å²) in [4.78, 5) is 12.8. The van der Waals surface area contributed by atoms with Crippen LogP contribution in [0.3, 0.4) is 0 Å². The Balaban J connectivity index is 2.73. The van der Waals surface area contributed by atoms with E-state index in [1.165, 1.54) is 11.5 Å². The highest BCUT2D eigenvalue weighted by Gasteiger charge is 2.15. The quantitative estimate of drug-likeness (QED) is 0.783. The van der Waals surface area contributed by atoms with E-state index in [0.717, 1.165) is 27.3 Å². The topological polar surface area (TPSA) is 51.2 Å². The van der Waals surface area contributed by atoms with E-state index in [0.29, 0.717) is 5.69 Å². The lowest BCUT2D eigenvalue weighted by Crippen LogP contribution is -2.16. The number of amides is 1. The van der Waals surface area contributed by atoms with Crippen LogP contribution in [0.5, 0.6) is 0 Å². The molecule has 0 saturated heterocycles. The van der Waals surface area contributed by atoms with Crippen LogP contribution in [0.25, 0.3) is 5.57 Å². The second-order valence-electron chi connectivity index (χ2n) is 4.98. The summed E-state index contributed by atoms with van der Waals surface area (Å²) in [6, 6.07) is 0. The van der Waals surface area contributed by atoms with Crippen molar-refractivity contribution in [3.63, 3.8) is 0 Å². The maximum Gasteiger partial charge on any atom is 0.412 e. The molecular formula is C16H22N2O2S. The summed E-state index contributed by atoms with van der Waals surface area (Å²) in [5.41, 5.74) is 4.44. The Labute approximate surface area is 130 Å². The van der Waals surface area contributed by atoms with E-state index in [4.69, 9.17) is 4.74 Å². The van der Waals surface area contributed by atoms with Crippen molar-refractivity contribution in [1.82, 2.24) is 4.37 Å². The minimum atomic E-state index is -0.482. The number of nitrogens with one attached hydrogen (secondary N) is 1. The van der Waals surface area contributed by atoms with Gasteiger partial charge in [0.15, 0.2) is 0 Å². The van der Waals surface area contributed by atoms with Gasteiger partial charge in [0.25, 0.3) is 0 Å². The fourth-order valence-electron chi connectivity index (χ4n) is 1.65. The van der Waals surface area contributed by atoms with Crippen LogP contribution in [0.2, 0.25) is 0 Å². The van der Waals surface area contributed by atoms with Crippen LogP contribution in [0.4, 0.5) is 10.5 Å². The minimum Gasteiger partial charge on any atom is -0.444 e. The maximum absolute atomic E-state index is 11.9. The number of anilines is 1. The molecule has 0 aliphatic carbocycles. The molecule has 0 saturated carbocycles. The predicted molar refractivity (Wildman–Crippen MR) is 89.7 cm³/mol. The maximum atomic E-state index is 11.9. The Morgan fingerprint density at radius 1 is 1.43 bits per heavy atom. The van der Waals surface area contributed by atoms with Gasteiger partial charge in [0, 0.05) is 0 Å². The third-order valence-corrected chi connectivity index (χ3v) is 3.95. The predicted octanol–water partition coefficient (Wildman–Crippen LogP) is 4.95. The second-order valence-corrected chi connectivity index (χ2v) is 5.75. The third kappa shape index (κ3) is 4.86. The molecule has 0 radical (unpaired) electrons. The van der Waals surface area contributed by atoms with E-state index in [9.17, 15) is 4.79 Å². The fraction of sp³-hybridized carbons (Fsp3) is 0.375. The molecule has 5 heteroatoms. The highest BCUT2D eigenvalue weighted by Crippen LogP contribution is 2.30. The van der Waals surface area contributed by atoms with Crippen molar-refractivity contribution < 1.29 is 9.53 Å². The van der Waals surface area contributed by atoms with Crippen molar-refractivity contribution in [1.29, 1.82) is 0 Å². The number of hydrogen-bond acceptors (Lipinski definition) is 4. The van der Waals surface area contributed by atoms with Gasteiger partial charge in [-0.05, 0) is 57.3 Å².